The zero-order valence-corrected chi connectivity index (χ0v) is 21.9. The topological polar surface area (TPSA) is 74.2 Å². The molecule has 0 unspecified atom stereocenters. The molecule has 2 aromatic carbocycles. The number of unbranched alkanes of at least 4 members (excludes halogenated alkanes) is 1. The van der Waals surface area contributed by atoms with Gasteiger partial charge < -0.3 is 0 Å². The van der Waals surface area contributed by atoms with Crippen molar-refractivity contribution in [1.82, 2.24) is 20.3 Å². The summed E-state index contributed by atoms with van der Waals surface area (Å²) in [6.07, 6.45) is 8.76. The van der Waals surface area contributed by atoms with Gasteiger partial charge in [-0.15, -0.1) is 11.3 Å². The first kappa shape index (κ1) is 23.8. The number of carbonyl (C=O) groups excluding carboxylic acids is 1. The third-order valence-electron chi connectivity index (χ3n) is 7.60. The number of amidine groups is 1. The molecular weight excluding hydrogens is 478 g/mol. The Morgan fingerprint density at radius 3 is 2.54 bits per heavy atom. The second kappa shape index (κ2) is 10.1. The predicted molar refractivity (Wildman–Crippen MR) is 149 cm³/mol. The number of carbonyl (C=O) groups is 1. The summed E-state index contributed by atoms with van der Waals surface area (Å²) in [6.45, 7) is 2.77. The predicted octanol–water partition coefficient (Wildman–Crippen LogP) is 7.11. The summed E-state index contributed by atoms with van der Waals surface area (Å²) < 4.78 is 0. The SMILES string of the molecule is CCCCC1=NC2(CCCC2)C(=O)N1Cc1ccc(-c2cc(-c3cccs3)ccc2-c2cn[nH]n2)cc1. The molecule has 3 heterocycles. The molecule has 1 N–H and O–H groups in total. The Kier molecular flexibility index (Phi) is 6.47. The van der Waals surface area contributed by atoms with Crippen LogP contribution in [-0.2, 0) is 11.3 Å². The third kappa shape index (κ3) is 4.53. The Labute approximate surface area is 221 Å². The minimum absolute atomic E-state index is 0.206. The van der Waals surface area contributed by atoms with E-state index < -0.39 is 5.54 Å². The highest BCUT2D eigenvalue weighted by molar-refractivity contribution is 7.13. The average molecular weight is 510 g/mol. The molecule has 6 rings (SSSR count). The van der Waals surface area contributed by atoms with Crippen molar-refractivity contribution in [1.29, 1.82) is 0 Å². The minimum Gasteiger partial charge on any atom is -0.294 e. The third-order valence-corrected chi connectivity index (χ3v) is 8.52. The number of amides is 1. The molecule has 37 heavy (non-hydrogen) atoms. The maximum absolute atomic E-state index is 13.5. The number of thiophene rings is 1. The van der Waals surface area contributed by atoms with E-state index in [-0.39, 0.29) is 5.91 Å². The molecule has 0 atom stereocenters. The van der Waals surface area contributed by atoms with Crippen molar-refractivity contribution in [2.75, 3.05) is 0 Å². The maximum atomic E-state index is 13.5. The molecular formula is C30H31N5OS. The number of aromatic nitrogens is 3. The van der Waals surface area contributed by atoms with Crippen molar-refractivity contribution in [2.45, 2.75) is 64.0 Å². The molecule has 4 aromatic rings. The van der Waals surface area contributed by atoms with E-state index in [2.05, 4.69) is 82.3 Å². The highest BCUT2D eigenvalue weighted by Crippen LogP contribution is 2.40. The molecule has 0 bridgehead atoms. The number of benzene rings is 2. The fourth-order valence-electron chi connectivity index (χ4n) is 5.60. The fourth-order valence-corrected chi connectivity index (χ4v) is 6.33. The van der Waals surface area contributed by atoms with E-state index in [1.807, 2.05) is 4.90 Å². The molecule has 6 nitrogen and oxygen atoms in total. The van der Waals surface area contributed by atoms with Gasteiger partial charge in [-0.25, -0.2) is 0 Å². The van der Waals surface area contributed by atoms with E-state index in [9.17, 15) is 4.79 Å². The van der Waals surface area contributed by atoms with Crippen LogP contribution in [0.25, 0.3) is 32.8 Å². The fraction of sp³-hybridized carbons (Fsp3) is 0.333. The lowest BCUT2D eigenvalue weighted by Crippen LogP contribution is -2.40. The van der Waals surface area contributed by atoms with Gasteiger partial charge in [-0.1, -0.05) is 68.7 Å². The van der Waals surface area contributed by atoms with Crippen LogP contribution in [0.15, 0.2) is 71.2 Å². The summed E-state index contributed by atoms with van der Waals surface area (Å²) in [6, 6.07) is 19.3. The van der Waals surface area contributed by atoms with E-state index in [1.54, 1.807) is 17.5 Å². The number of rotatable bonds is 8. The molecule has 1 aliphatic heterocycles. The summed E-state index contributed by atoms with van der Waals surface area (Å²) in [5, 5.41) is 13.2. The van der Waals surface area contributed by atoms with Gasteiger partial charge in [0, 0.05) is 16.9 Å². The Hall–Kier alpha value is -3.58. The first-order valence-corrected chi connectivity index (χ1v) is 14.1. The van der Waals surface area contributed by atoms with Gasteiger partial charge in [0.1, 0.15) is 17.1 Å². The average Bonchev–Trinajstić information content (AvgIpc) is 3.75. The Balaban J connectivity index is 1.30. The molecule has 1 spiro atoms. The molecule has 7 heteroatoms. The van der Waals surface area contributed by atoms with Crippen molar-refractivity contribution < 1.29 is 4.79 Å². The Bertz CT molecular complexity index is 1400. The molecule has 2 aliphatic rings. The number of hydrogen-bond acceptors (Lipinski definition) is 5. The second-order valence-corrected chi connectivity index (χ2v) is 11.0. The molecule has 1 saturated carbocycles. The Morgan fingerprint density at radius 2 is 1.84 bits per heavy atom. The van der Waals surface area contributed by atoms with E-state index in [1.165, 1.54) is 10.4 Å². The lowest BCUT2D eigenvalue weighted by atomic mass is 9.94. The molecule has 0 radical (unpaired) electrons. The van der Waals surface area contributed by atoms with Crippen molar-refractivity contribution >= 4 is 23.1 Å². The zero-order chi connectivity index (χ0) is 25.2. The maximum Gasteiger partial charge on any atom is 0.256 e. The summed E-state index contributed by atoms with van der Waals surface area (Å²) in [4.78, 5) is 21.8. The summed E-state index contributed by atoms with van der Waals surface area (Å²) in [5.74, 6) is 1.19. The quantitative estimate of drug-likeness (QED) is 0.275. The van der Waals surface area contributed by atoms with E-state index in [0.29, 0.717) is 6.54 Å². The van der Waals surface area contributed by atoms with Crippen LogP contribution in [0.5, 0.6) is 0 Å². The van der Waals surface area contributed by atoms with Crippen LogP contribution in [-0.4, -0.2) is 37.6 Å². The highest BCUT2D eigenvalue weighted by atomic mass is 32.1. The van der Waals surface area contributed by atoms with Crippen LogP contribution in [0.4, 0.5) is 0 Å². The number of nitrogens with zero attached hydrogens (tertiary/aromatic N) is 4. The molecule has 1 fully saturated rings. The highest BCUT2D eigenvalue weighted by Gasteiger charge is 2.49. The summed E-state index contributed by atoms with van der Waals surface area (Å²) in [7, 11) is 0. The van der Waals surface area contributed by atoms with Crippen LogP contribution in [0.3, 0.4) is 0 Å². The molecule has 0 saturated heterocycles. The standard InChI is InChI=1S/C30H31N5OS/c1-2-3-8-28-32-30(15-4-5-16-30)29(36)35(28)20-21-9-11-22(12-10-21)25-18-23(27-7-6-17-37-27)13-14-24(25)26-19-31-34-33-26/h6-7,9-14,17-19H,2-5,8,15-16,20H2,1H3,(H,31,33,34). The number of aliphatic imine (C=N–C) groups is 1. The Morgan fingerprint density at radius 1 is 1.03 bits per heavy atom. The van der Waals surface area contributed by atoms with Crippen LogP contribution in [0.2, 0.25) is 0 Å². The lowest BCUT2D eigenvalue weighted by Gasteiger charge is -2.23. The van der Waals surface area contributed by atoms with Gasteiger partial charge in [-0.05, 0) is 59.0 Å². The van der Waals surface area contributed by atoms with Crippen LogP contribution < -0.4 is 0 Å². The zero-order valence-electron chi connectivity index (χ0n) is 21.1. The van der Waals surface area contributed by atoms with Crippen molar-refractivity contribution in [2.24, 2.45) is 4.99 Å². The van der Waals surface area contributed by atoms with Crippen molar-refractivity contribution in [3.63, 3.8) is 0 Å². The minimum atomic E-state index is -0.488. The number of hydrogen-bond donors (Lipinski definition) is 1. The van der Waals surface area contributed by atoms with Crippen molar-refractivity contribution in [3.05, 3.63) is 71.7 Å². The second-order valence-electron chi connectivity index (χ2n) is 10.1. The normalized spacial score (nSPS) is 16.6. The largest absolute Gasteiger partial charge is 0.294 e. The first-order chi connectivity index (χ1) is 18.2. The molecule has 2 aromatic heterocycles. The van der Waals surface area contributed by atoms with Gasteiger partial charge >= 0.3 is 0 Å². The molecule has 1 amide bonds. The van der Waals surface area contributed by atoms with Crippen LogP contribution in [0.1, 0.15) is 57.4 Å². The van der Waals surface area contributed by atoms with Crippen LogP contribution in [0, 0.1) is 0 Å². The lowest BCUT2D eigenvalue weighted by molar-refractivity contribution is -0.131. The van der Waals surface area contributed by atoms with Gasteiger partial charge in [-0.3, -0.25) is 14.7 Å². The number of aromatic amines is 1. The van der Waals surface area contributed by atoms with Gasteiger partial charge in [0.2, 0.25) is 0 Å². The van der Waals surface area contributed by atoms with E-state index in [0.717, 1.165) is 78.7 Å². The van der Waals surface area contributed by atoms with E-state index in [4.69, 9.17) is 4.99 Å². The van der Waals surface area contributed by atoms with Gasteiger partial charge in [0.15, 0.2) is 0 Å². The van der Waals surface area contributed by atoms with Gasteiger partial charge in [0.05, 0.1) is 12.7 Å². The van der Waals surface area contributed by atoms with Crippen LogP contribution >= 0.6 is 11.3 Å². The summed E-state index contributed by atoms with van der Waals surface area (Å²) >= 11 is 1.73. The number of H-pyrrole nitrogens is 1. The van der Waals surface area contributed by atoms with Gasteiger partial charge in [0.25, 0.3) is 5.91 Å². The monoisotopic (exact) mass is 509 g/mol. The first-order valence-electron chi connectivity index (χ1n) is 13.2. The molecule has 1 aliphatic carbocycles. The molecule has 188 valence electrons. The van der Waals surface area contributed by atoms with E-state index >= 15 is 0 Å². The van der Waals surface area contributed by atoms with Crippen molar-refractivity contribution in [3.8, 4) is 32.8 Å². The summed E-state index contributed by atoms with van der Waals surface area (Å²) in [5.41, 5.74) is 5.89. The number of nitrogens with one attached hydrogen (secondary N) is 1. The van der Waals surface area contributed by atoms with Gasteiger partial charge in [-0.2, -0.15) is 15.4 Å². The smallest absolute Gasteiger partial charge is 0.256 e.